The molecule has 2 atom stereocenters. The first kappa shape index (κ1) is 25.7. The van der Waals surface area contributed by atoms with Gasteiger partial charge in [0.2, 0.25) is 0 Å². The molecule has 0 unspecified atom stereocenters. The Kier molecular flexibility index (Phi) is 8.33. The number of nitrogens with two attached hydrogens (primary N) is 1. The molecule has 0 aliphatic rings. The van der Waals surface area contributed by atoms with Crippen LogP contribution in [0.2, 0.25) is 0 Å². The molecule has 0 saturated carbocycles. The van der Waals surface area contributed by atoms with Crippen molar-refractivity contribution in [3.8, 4) is 0 Å². The maximum atomic E-state index is 13.5. The highest BCUT2D eigenvalue weighted by atomic mass is 31.2. The van der Waals surface area contributed by atoms with Crippen molar-refractivity contribution < 1.29 is 23.5 Å². The second kappa shape index (κ2) is 10.4. The molecule has 2 heterocycles. The van der Waals surface area contributed by atoms with Crippen LogP contribution in [0, 0.1) is 0 Å². The molecule has 13 heteroatoms. The van der Waals surface area contributed by atoms with Gasteiger partial charge in [-0.3, -0.25) is 9.36 Å². The van der Waals surface area contributed by atoms with Gasteiger partial charge in [-0.05, 0) is 48.5 Å². The van der Waals surface area contributed by atoms with Crippen LogP contribution < -0.4 is 10.8 Å². The number of oxime groups is 1. The fraction of sp³-hybridized carbons (Fsp3) is 0.632. The summed E-state index contributed by atoms with van der Waals surface area (Å²) in [5.41, 5.74) is 6.14. The number of hydrogen-bond acceptors (Lipinski definition) is 10. The van der Waals surface area contributed by atoms with E-state index in [-0.39, 0.29) is 18.3 Å². The number of rotatable bonds is 11. The summed E-state index contributed by atoms with van der Waals surface area (Å²) in [5.74, 6) is -0.281. The number of esters is 1. The van der Waals surface area contributed by atoms with Crippen LogP contribution in [-0.2, 0) is 30.0 Å². The van der Waals surface area contributed by atoms with Crippen LogP contribution in [0.1, 0.15) is 48.5 Å². The quantitative estimate of drug-likeness (QED) is 0.217. The molecule has 0 fully saturated rings. The normalized spacial score (nSPS) is 14.8. The third kappa shape index (κ3) is 6.98. The minimum absolute atomic E-state index is 0.285. The van der Waals surface area contributed by atoms with Crippen molar-refractivity contribution in [3.05, 3.63) is 12.7 Å². The van der Waals surface area contributed by atoms with Gasteiger partial charge in [-0.1, -0.05) is 5.16 Å². The van der Waals surface area contributed by atoms with Crippen LogP contribution >= 0.6 is 7.52 Å². The second-order valence-corrected chi connectivity index (χ2v) is 10.4. The summed E-state index contributed by atoms with van der Waals surface area (Å²) >= 11 is 0. The van der Waals surface area contributed by atoms with E-state index in [2.05, 4.69) is 25.2 Å². The van der Waals surface area contributed by atoms with Gasteiger partial charge in [0.05, 0.1) is 30.8 Å². The number of ether oxygens (including phenoxy) is 2. The molecule has 2 aromatic rings. The van der Waals surface area contributed by atoms with E-state index in [0.29, 0.717) is 23.4 Å². The maximum Gasteiger partial charge on any atom is 0.365 e. The van der Waals surface area contributed by atoms with Crippen molar-refractivity contribution >= 4 is 36.2 Å². The van der Waals surface area contributed by atoms with Crippen molar-refractivity contribution in [2.75, 3.05) is 12.1 Å². The van der Waals surface area contributed by atoms with Gasteiger partial charge in [0.25, 0.3) is 0 Å². The summed E-state index contributed by atoms with van der Waals surface area (Å²) < 4.78 is 31.6. The van der Waals surface area contributed by atoms with E-state index >= 15 is 0 Å². The molecule has 0 bridgehead atoms. The number of anilines is 1. The Bertz CT molecular complexity index is 1020. The Morgan fingerprint density at radius 1 is 1.28 bits per heavy atom. The van der Waals surface area contributed by atoms with Crippen molar-refractivity contribution in [2.24, 2.45) is 5.16 Å². The highest BCUT2D eigenvalue weighted by Gasteiger charge is 2.40. The van der Waals surface area contributed by atoms with Gasteiger partial charge in [-0.25, -0.2) is 20.0 Å². The Morgan fingerprint density at radius 3 is 2.59 bits per heavy atom. The number of carbonyl (C=O) groups excluding carboxylic acids is 1. The Morgan fingerprint density at radius 2 is 1.97 bits per heavy atom. The standard InChI is InChI=1S/C19H32N7O5P/c1-12(2)24-31-32(28,25-19(6,7)18(27)30-13(3)4)11-29-14(5)8-26-10-23-15-16(20)21-9-22-17(15)26/h9-10,13-14H,8,11H2,1-7H3,(H,25,28)(H2,20,21,22)/t14-,32+/m1/s1. The first-order chi connectivity index (χ1) is 14.8. The number of carbonyl (C=O) groups is 1. The zero-order chi connectivity index (χ0) is 24.1. The number of hydrogen-bond donors (Lipinski definition) is 2. The molecule has 32 heavy (non-hydrogen) atoms. The van der Waals surface area contributed by atoms with Crippen molar-refractivity contribution in [1.82, 2.24) is 24.6 Å². The highest BCUT2D eigenvalue weighted by molar-refractivity contribution is 7.56. The van der Waals surface area contributed by atoms with Gasteiger partial charge >= 0.3 is 13.5 Å². The monoisotopic (exact) mass is 469 g/mol. The number of imidazole rings is 1. The summed E-state index contributed by atoms with van der Waals surface area (Å²) in [6.45, 7) is 12.1. The molecule has 3 N–H and O–H groups in total. The number of fused-ring (bicyclic) bond motifs is 1. The van der Waals surface area contributed by atoms with E-state index in [0.717, 1.165) is 0 Å². The SMILES string of the molecule is CC(C)=NO[P@@](=O)(CO[C@H](C)Cn1cnc2c(N)ncnc21)NC(C)(C)C(=O)OC(C)C. The van der Waals surface area contributed by atoms with E-state index in [9.17, 15) is 9.36 Å². The van der Waals surface area contributed by atoms with E-state index in [1.165, 1.54) is 6.33 Å². The summed E-state index contributed by atoms with van der Waals surface area (Å²) in [6, 6.07) is 0. The summed E-state index contributed by atoms with van der Waals surface area (Å²) in [5, 5.41) is 6.57. The average Bonchev–Trinajstić information content (AvgIpc) is 3.08. The van der Waals surface area contributed by atoms with Gasteiger partial charge in [-0.2, -0.15) is 0 Å². The molecule has 0 aliphatic carbocycles. The minimum Gasteiger partial charge on any atom is -0.462 e. The molecule has 0 spiro atoms. The predicted molar refractivity (Wildman–Crippen MR) is 121 cm³/mol. The van der Waals surface area contributed by atoms with Gasteiger partial charge in [0.1, 0.15) is 23.7 Å². The number of aromatic nitrogens is 4. The zero-order valence-corrected chi connectivity index (χ0v) is 20.4. The summed E-state index contributed by atoms with van der Waals surface area (Å²) in [6.07, 6.45) is 1.89. The van der Waals surface area contributed by atoms with Gasteiger partial charge in [-0.15, -0.1) is 0 Å². The lowest BCUT2D eigenvalue weighted by molar-refractivity contribution is -0.153. The average molecular weight is 469 g/mol. The maximum absolute atomic E-state index is 13.5. The molecule has 12 nitrogen and oxygen atoms in total. The van der Waals surface area contributed by atoms with Crippen molar-refractivity contribution in [2.45, 2.75) is 72.8 Å². The molecule has 0 saturated heterocycles. The van der Waals surface area contributed by atoms with Gasteiger partial charge in [0.15, 0.2) is 11.5 Å². The molecule has 0 amide bonds. The Balaban J connectivity index is 2.11. The minimum atomic E-state index is -3.72. The fourth-order valence-electron chi connectivity index (χ4n) is 2.64. The molecule has 0 aliphatic heterocycles. The summed E-state index contributed by atoms with van der Waals surface area (Å²) in [7, 11) is -3.72. The van der Waals surface area contributed by atoms with E-state index in [1.807, 2.05) is 0 Å². The Labute approximate surface area is 187 Å². The summed E-state index contributed by atoms with van der Waals surface area (Å²) in [4.78, 5) is 24.8. The number of nitrogens with zero attached hydrogens (tertiary/aromatic N) is 5. The van der Waals surface area contributed by atoms with Crippen molar-refractivity contribution in [3.63, 3.8) is 0 Å². The lowest BCUT2D eigenvalue weighted by atomic mass is 10.1. The van der Waals surface area contributed by atoms with Crippen LogP contribution in [0.25, 0.3) is 11.2 Å². The topological polar surface area (TPSA) is 156 Å². The van der Waals surface area contributed by atoms with E-state index in [4.69, 9.17) is 19.8 Å². The molecule has 0 aromatic carbocycles. The lowest BCUT2D eigenvalue weighted by Gasteiger charge is -2.29. The molecule has 178 valence electrons. The first-order valence-electron chi connectivity index (χ1n) is 10.2. The number of nitrogens with one attached hydrogen (secondary N) is 1. The molecule has 2 rings (SSSR count). The van der Waals surface area contributed by atoms with Crippen molar-refractivity contribution in [1.29, 1.82) is 0 Å². The smallest absolute Gasteiger partial charge is 0.365 e. The molecule has 2 aromatic heterocycles. The van der Waals surface area contributed by atoms with E-state index < -0.39 is 25.1 Å². The third-order valence-electron chi connectivity index (χ3n) is 4.07. The Hall–Kier alpha value is -2.56. The van der Waals surface area contributed by atoms with Crippen LogP contribution in [0.3, 0.4) is 0 Å². The van der Waals surface area contributed by atoms with Gasteiger partial charge < -0.3 is 24.4 Å². The van der Waals surface area contributed by atoms with Gasteiger partial charge in [0, 0.05) is 0 Å². The predicted octanol–water partition coefficient (Wildman–Crippen LogP) is 2.70. The molecule has 0 radical (unpaired) electrons. The lowest BCUT2D eigenvalue weighted by Crippen LogP contribution is -2.47. The number of nitrogen functional groups attached to an aromatic ring is 1. The van der Waals surface area contributed by atoms with E-state index in [1.54, 1.807) is 59.4 Å². The largest absolute Gasteiger partial charge is 0.462 e. The molecular weight excluding hydrogens is 437 g/mol. The first-order valence-corrected chi connectivity index (χ1v) is 12.0. The second-order valence-electron chi connectivity index (χ2n) is 8.42. The highest BCUT2D eigenvalue weighted by Crippen LogP contribution is 2.45. The molecular formula is C19H32N7O5P. The third-order valence-corrected chi connectivity index (χ3v) is 5.80. The zero-order valence-electron chi connectivity index (χ0n) is 19.5. The van der Waals surface area contributed by atoms with Crippen LogP contribution in [-0.4, -0.2) is 55.3 Å². The van der Waals surface area contributed by atoms with Crippen LogP contribution in [0.15, 0.2) is 17.8 Å². The van der Waals surface area contributed by atoms with Crippen LogP contribution in [0.4, 0.5) is 5.82 Å². The fourth-order valence-corrected chi connectivity index (χ4v) is 4.49. The van der Waals surface area contributed by atoms with Crippen LogP contribution in [0.5, 0.6) is 0 Å².